The number of fused-ring (bicyclic) bond motifs is 1. The second-order valence-electron chi connectivity index (χ2n) is 7.15. The lowest BCUT2D eigenvalue weighted by atomic mass is 10.1. The summed E-state index contributed by atoms with van der Waals surface area (Å²) in [4.78, 5) is 38.0. The standard InChI is InChI=1S/C21H12Cl2N8O4/c22-13-6-11(31-21(34)26-20(33)18(24)30-31)7-14(23)17(13)35-16-8-12(19(32)29-28-16)9-1-2-15-10(5-9)3-4-25-27-15/h1-8H,(H2,24,30)(H,29,32)(H,26,33,34). The molecule has 14 heteroatoms. The molecule has 0 amide bonds. The minimum Gasteiger partial charge on any atom is -0.434 e. The molecular weight excluding hydrogens is 499 g/mol. The zero-order valence-electron chi connectivity index (χ0n) is 17.3. The van der Waals surface area contributed by atoms with Crippen molar-refractivity contribution in [3.8, 4) is 28.4 Å². The van der Waals surface area contributed by atoms with Crippen LogP contribution in [0.25, 0.3) is 27.7 Å². The second kappa shape index (κ2) is 8.66. The third-order valence-electron chi connectivity index (χ3n) is 4.89. The van der Waals surface area contributed by atoms with Crippen LogP contribution in [0.4, 0.5) is 5.82 Å². The summed E-state index contributed by atoms with van der Waals surface area (Å²) >= 11 is 12.7. The molecule has 0 radical (unpaired) electrons. The summed E-state index contributed by atoms with van der Waals surface area (Å²) in [5, 5.41) is 18.7. The van der Waals surface area contributed by atoms with Gasteiger partial charge in [0.25, 0.3) is 11.1 Å². The van der Waals surface area contributed by atoms with Crippen LogP contribution in [0.3, 0.4) is 0 Å². The van der Waals surface area contributed by atoms with Gasteiger partial charge in [-0.1, -0.05) is 29.3 Å². The maximum atomic E-state index is 12.5. The van der Waals surface area contributed by atoms with E-state index < -0.39 is 22.6 Å². The Morgan fingerprint density at radius 2 is 1.74 bits per heavy atom. The van der Waals surface area contributed by atoms with Crippen LogP contribution in [-0.2, 0) is 0 Å². The van der Waals surface area contributed by atoms with Crippen molar-refractivity contribution >= 4 is 39.9 Å². The number of ether oxygens (including phenoxy) is 1. The van der Waals surface area contributed by atoms with E-state index in [1.807, 2.05) is 4.98 Å². The molecule has 5 rings (SSSR count). The first kappa shape index (κ1) is 22.3. The first-order chi connectivity index (χ1) is 16.8. The van der Waals surface area contributed by atoms with Crippen molar-refractivity contribution in [2.75, 3.05) is 5.73 Å². The Morgan fingerprint density at radius 1 is 0.971 bits per heavy atom. The van der Waals surface area contributed by atoms with Gasteiger partial charge in [0.2, 0.25) is 11.7 Å². The summed E-state index contributed by atoms with van der Waals surface area (Å²) in [6.07, 6.45) is 1.55. The number of nitrogens with one attached hydrogen (secondary N) is 2. The number of rotatable bonds is 4. The highest BCUT2D eigenvalue weighted by molar-refractivity contribution is 6.37. The molecule has 0 bridgehead atoms. The van der Waals surface area contributed by atoms with Crippen LogP contribution in [0, 0.1) is 0 Å². The van der Waals surface area contributed by atoms with E-state index in [0.717, 1.165) is 10.1 Å². The molecule has 174 valence electrons. The molecule has 0 aliphatic heterocycles. The molecule has 5 aromatic rings. The number of hydrogen-bond acceptors (Lipinski definition) is 9. The number of nitrogens with two attached hydrogens (primary N) is 1. The van der Waals surface area contributed by atoms with Crippen molar-refractivity contribution in [2.45, 2.75) is 0 Å². The van der Waals surface area contributed by atoms with Gasteiger partial charge in [-0.05, 0) is 35.9 Å². The van der Waals surface area contributed by atoms with Gasteiger partial charge < -0.3 is 10.5 Å². The Kier molecular flexibility index (Phi) is 5.51. The van der Waals surface area contributed by atoms with Crippen LogP contribution in [0.2, 0.25) is 10.0 Å². The average molecular weight is 511 g/mol. The van der Waals surface area contributed by atoms with Gasteiger partial charge in [-0.15, -0.1) is 10.2 Å². The summed E-state index contributed by atoms with van der Waals surface area (Å²) in [7, 11) is 0. The molecule has 0 aliphatic rings. The lowest BCUT2D eigenvalue weighted by molar-refractivity contribution is 0.455. The topological polar surface area (TPSA) is 175 Å². The molecule has 0 spiro atoms. The molecule has 2 aromatic carbocycles. The van der Waals surface area contributed by atoms with Gasteiger partial charge in [0.1, 0.15) is 0 Å². The first-order valence-corrected chi connectivity index (χ1v) is 10.5. The van der Waals surface area contributed by atoms with Gasteiger partial charge in [0.15, 0.2) is 5.75 Å². The predicted octanol–water partition coefficient (Wildman–Crippen LogP) is 2.30. The Hall–Kier alpha value is -4.55. The molecule has 0 saturated carbocycles. The second-order valence-corrected chi connectivity index (χ2v) is 7.97. The molecule has 4 N–H and O–H groups in total. The van der Waals surface area contributed by atoms with E-state index in [-0.39, 0.29) is 32.9 Å². The fourth-order valence-electron chi connectivity index (χ4n) is 3.27. The van der Waals surface area contributed by atoms with Gasteiger partial charge >= 0.3 is 5.69 Å². The molecule has 12 nitrogen and oxygen atoms in total. The number of anilines is 1. The number of nitrogens with zero attached hydrogens (tertiary/aromatic N) is 5. The quantitative estimate of drug-likeness (QED) is 0.327. The summed E-state index contributed by atoms with van der Waals surface area (Å²) in [5.41, 5.74) is 5.10. The van der Waals surface area contributed by atoms with E-state index >= 15 is 0 Å². The zero-order valence-corrected chi connectivity index (χ0v) is 18.8. The van der Waals surface area contributed by atoms with Crippen LogP contribution >= 0.6 is 23.2 Å². The van der Waals surface area contributed by atoms with Gasteiger partial charge in [-0.25, -0.2) is 9.89 Å². The number of aromatic nitrogens is 7. The molecule has 3 aromatic heterocycles. The molecule has 0 aliphatic carbocycles. The van der Waals surface area contributed by atoms with E-state index in [1.54, 1.807) is 30.5 Å². The van der Waals surface area contributed by atoms with Crippen molar-refractivity contribution in [1.82, 2.24) is 35.2 Å². The predicted molar refractivity (Wildman–Crippen MR) is 128 cm³/mol. The average Bonchev–Trinajstić information content (AvgIpc) is 2.84. The number of nitrogen functional groups attached to an aromatic ring is 1. The normalized spacial score (nSPS) is 11.0. The lowest BCUT2D eigenvalue weighted by Gasteiger charge is -2.12. The smallest absolute Gasteiger partial charge is 0.349 e. The van der Waals surface area contributed by atoms with Crippen LogP contribution in [0.1, 0.15) is 0 Å². The third kappa shape index (κ3) is 4.23. The highest BCUT2D eigenvalue weighted by atomic mass is 35.5. The maximum absolute atomic E-state index is 12.5. The Bertz CT molecular complexity index is 1770. The van der Waals surface area contributed by atoms with E-state index in [0.29, 0.717) is 11.1 Å². The van der Waals surface area contributed by atoms with E-state index in [1.165, 1.54) is 18.2 Å². The van der Waals surface area contributed by atoms with Crippen LogP contribution in [0.15, 0.2) is 63.0 Å². The highest BCUT2D eigenvalue weighted by Crippen LogP contribution is 2.38. The largest absolute Gasteiger partial charge is 0.434 e. The van der Waals surface area contributed by atoms with E-state index in [4.69, 9.17) is 33.7 Å². The van der Waals surface area contributed by atoms with Crippen LogP contribution in [0.5, 0.6) is 11.6 Å². The molecule has 0 atom stereocenters. The Labute approximate surface area is 203 Å². The third-order valence-corrected chi connectivity index (χ3v) is 5.45. The minimum absolute atomic E-state index is 0.00445. The van der Waals surface area contributed by atoms with Crippen molar-refractivity contribution in [3.63, 3.8) is 0 Å². The van der Waals surface area contributed by atoms with Crippen molar-refractivity contribution < 1.29 is 4.74 Å². The molecule has 3 heterocycles. The summed E-state index contributed by atoms with van der Waals surface area (Å²) in [5.74, 6) is -0.391. The van der Waals surface area contributed by atoms with E-state index in [2.05, 4.69) is 25.5 Å². The maximum Gasteiger partial charge on any atom is 0.349 e. The van der Waals surface area contributed by atoms with Crippen molar-refractivity contribution in [2.24, 2.45) is 0 Å². The van der Waals surface area contributed by atoms with Gasteiger partial charge in [0.05, 0.1) is 33.0 Å². The van der Waals surface area contributed by atoms with Crippen molar-refractivity contribution in [3.05, 3.63) is 89.9 Å². The molecule has 0 saturated heterocycles. The molecule has 35 heavy (non-hydrogen) atoms. The number of benzene rings is 2. The lowest BCUT2D eigenvalue weighted by Crippen LogP contribution is -2.33. The van der Waals surface area contributed by atoms with Crippen LogP contribution < -0.4 is 27.3 Å². The first-order valence-electron chi connectivity index (χ1n) is 9.78. The molecule has 0 unspecified atom stereocenters. The molecular formula is C21H12Cl2N8O4. The van der Waals surface area contributed by atoms with E-state index in [9.17, 15) is 14.4 Å². The number of aromatic amines is 2. The minimum atomic E-state index is -0.835. The summed E-state index contributed by atoms with van der Waals surface area (Å²) < 4.78 is 6.58. The Balaban J connectivity index is 1.52. The van der Waals surface area contributed by atoms with Gasteiger partial charge in [0, 0.05) is 11.5 Å². The van der Waals surface area contributed by atoms with Crippen molar-refractivity contribution in [1.29, 1.82) is 0 Å². The highest BCUT2D eigenvalue weighted by Gasteiger charge is 2.16. The number of halogens is 2. The molecule has 0 fully saturated rings. The fraction of sp³-hybridized carbons (Fsp3) is 0. The monoisotopic (exact) mass is 510 g/mol. The zero-order chi connectivity index (χ0) is 24.7. The van der Waals surface area contributed by atoms with Gasteiger partial charge in [-0.3, -0.25) is 14.6 Å². The Morgan fingerprint density at radius 3 is 2.51 bits per heavy atom. The SMILES string of the molecule is Nc1nn(-c2cc(Cl)c(Oc3cc(-c4ccc5nnccc5c4)c(=O)[nH]n3)c(Cl)c2)c(=O)[nH]c1=O. The number of hydrogen-bond donors (Lipinski definition) is 3. The fourth-order valence-corrected chi connectivity index (χ4v) is 3.82. The van der Waals surface area contributed by atoms with Crippen LogP contribution in [-0.4, -0.2) is 35.2 Å². The number of H-pyrrole nitrogens is 2. The summed E-state index contributed by atoms with van der Waals surface area (Å²) in [6.45, 7) is 0. The summed E-state index contributed by atoms with van der Waals surface area (Å²) in [6, 6.07) is 11.1. The van der Waals surface area contributed by atoms with Gasteiger partial charge in [-0.2, -0.15) is 14.9 Å².